The molecule has 0 saturated carbocycles. The van der Waals surface area contributed by atoms with Crippen molar-refractivity contribution >= 4 is 32.3 Å². The first-order valence-electron chi connectivity index (χ1n) is 11.8. The number of hydrogen-bond donors (Lipinski definition) is 2. The molecule has 12 heteroatoms. The minimum atomic E-state index is -3.60. The number of aromatic nitrogens is 4. The van der Waals surface area contributed by atoms with Crippen LogP contribution in [0, 0.1) is 0 Å². The highest BCUT2D eigenvalue weighted by Crippen LogP contribution is 2.34. The fraction of sp³-hybridized carbons (Fsp3) is 0.192. The molecule has 3 heterocycles. The van der Waals surface area contributed by atoms with Gasteiger partial charge in [0.1, 0.15) is 17.2 Å². The minimum Gasteiger partial charge on any atom is -0.497 e. The summed E-state index contributed by atoms with van der Waals surface area (Å²) >= 11 is 1.55. The number of nitrogens with zero attached hydrogens (tertiary/aromatic N) is 4. The summed E-state index contributed by atoms with van der Waals surface area (Å²) in [5, 5.41) is 5.17. The van der Waals surface area contributed by atoms with E-state index >= 15 is 0 Å². The molecule has 0 spiro atoms. The van der Waals surface area contributed by atoms with Crippen molar-refractivity contribution in [2.75, 3.05) is 32.6 Å². The Balaban J connectivity index is 1.27. The molecule has 10 nitrogen and oxygen atoms in total. The summed E-state index contributed by atoms with van der Waals surface area (Å²) in [7, 11) is -0.430. The molecule has 0 fully saturated rings. The Labute approximate surface area is 224 Å². The van der Waals surface area contributed by atoms with E-state index in [2.05, 4.69) is 15.0 Å². The van der Waals surface area contributed by atoms with Crippen LogP contribution in [-0.4, -0.2) is 55.1 Å². The monoisotopic (exact) mass is 550 g/mol. The Hall–Kier alpha value is -4.00. The van der Waals surface area contributed by atoms with E-state index in [-0.39, 0.29) is 11.4 Å². The predicted molar refractivity (Wildman–Crippen MR) is 147 cm³/mol. The van der Waals surface area contributed by atoms with Crippen LogP contribution < -0.4 is 19.5 Å². The zero-order chi connectivity index (χ0) is 26.5. The summed E-state index contributed by atoms with van der Waals surface area (Å²) in [4.78, 5) is 14.9. The van der Waals surface area contributed by atoms with Crippen LogP contribution in [0.5, 0.6) is 11.5 Å². The Morgan fingerprint density at radius 1 is 0.974 bits per heavy atom. The van der Waals surface area contributed by atoms with E-state index in [0.29, 0.717) is 30.4 Å². The van der Waals surface area contributed by atoms with E-state index in [1.54, 1.807) is 36.8 Å². The van der Waals surface area contributed by atoms with Crippen LogP contribution >= 0.6 is 11.3 Å². The van der Waals surface area contributed by atoms with Gasteiger partial charge in [0, 0.05) is 36.4 Å². The molecular weight excluding hydrogens is 524 g/mol. The average Bonchev–Trinajstić information content (AvgIpc) is 3.55. The molecule has 0 amide bonds. The molecule has 0 bridgehead atoms. The standard InChI is InChI=1S/C26H26N6O4S2/c1-35-19-7-9-21(10-8-19)38(33,34)29-13-4-12-27-25-28-14-11-22(30-25)24-23(31-26-32(24)15-16-37-26)18-5-3-6-20(17-18)36-2/h3,5-11,14-17,29H,4,12-13H2,1-2H3,(H,27,28,30). The van der Waals surface area contributed by atoms with Crippen molar-refractivity contribution in [3.05, 3.63) is 72.4 Å². The van der Waals surface area contributed by atoms with Gasteiger partial charge in [-0.15, -0.1) is 11.3 Å². The normalized spacial score (nSPS) is 11.5. The Bertz CT molecular complexity index is 1650. The van der Waals surface area contributed by atoms with Gasteiger partial charge in [0.05, 0.1) is 30.5 Å². The van der Waals surface area contributed by atoms with E-state index < -0.39 is 10.0 Å². The predicted octanol–water partition coefficient (Wildman–Crippen LogP) is 4.32. The van der Waals surface area contributed by atoms with Gasteiger partial charge in [0.25, 0.3) is 0 Å². The highest BCUT2D eigenvalue weighted by molar-refractivity contribution is 7.89. The number of nitrogens with one attached hydrogen (secondary N) is 2. The van der Waals surface area contributed by atoms with E-state index in [0.717, 1.165) is 27.7 Å². The number of anilines is 1. The van der Waals surface area contributed by atoms with Gasteiger partial charge in [-0.3, -0.25) is 4.40 Å². The summed E-state index contributed by atoms with van der Waals surface area (Å²) in [6, 6.07) is 15.9. The number of benzene rings is 2. The molecule has 2 N–H and O–H groups in total. The number of fused-ring (bicyclic) bond motifs is 1. The molecule has 5 aromatic rings. The van der Waals surface area contributed by atoms with Crippen molar-refractivity contribution in [1.82, 2.24) is 24.1 Å². The molecule has 2 aromatic carbocycles. The summed E-state index contributed by atoms with van der Waals surface area (Å²) in [6.07, 6.45) is 4.20. The fourth-order valence-corrected chi connectivity index (χ4v) is 5.70. The SMILES string of the molecule is COc1ccc(S(=O)(=O)NCCCNc2nccc(-c3c(-c4cccc(OC)c4)nc4sccn34)n2)cc1. The van der Waals surface area contributed by atoms with Crippen molar-refractivity contribution in [3.8, 4) is 34.1 Å². The number of ether oxygens (including phenoxy) is 2. The van der Waals surface area contributed by atoms with Crippen LogP contribution in [0.15, 0.2) is 77.3 Å². The number of methoxy groups -OCH3 is 2. The first-order chi connectivity index (χ1) is 18.5. The Kier molecular flexibility index (Phi) is 7.54. The number of thiazole rings is 1. The average molecular weight is 551 g/mol. The van der Waals surface area contributed by atoms with Crippen molar-refractivity contribution < 1.29 is 17.9 Å². The molecule has 196 valence electrons. The van der Waals surface area contributed by atoms with Crippen LogP contribution in [-0.2, 0) is 10.0 Å². The largest absolute Gasteiger partial charge is 0.497 e. The minimum absolute atomic E-state index is 0.190. The third-order valence-corrected chi connectivity index (χ3v) is 8.04. The molecule has 0 radical (unpaired) electrons. The third kappa shape index (κ3) is 5.47. The maximum Gasteiger partial charge on any atom is 0.240 e. The van der Waals surface area contributed by atoms with Crippen molar-refractivity contribution in [2.45, 2.75) is 11.3 Å². The fourth-order valence-electron chi connectivity index (χ4n) is 3.91. The maximum atomic E-state index is 12.5. The molecule has 0 aliphatic carbocycles. The lowest BCUT2D eigenvalue weighted by atomic mass is 10.1. The van der Waals surface area contributed by atoms with E-state index in [9.17, 15) is 8.42 Å². The highest BCUT2D eigenvalue weighted by atomic mass is 32.2. The van der Waals surface area contributed by atoms with Gasteiger partial charge in [0.15, 0.2) is 4.96 Å². The summed E-state index contributed by atoms with van der Waals surface area (Å²) in [6.45, 7) is 0.747. The topological polar surface area (TPSA) is 120 Å². The summed E-state index contributed by atoms with van der Waals surface area (Å²) in [5.74, 6) is 1.79. The van der Waals surface area contributed by atoms with Gasteiger partial charge in [0.2, 0.25) is 16.0 Å². The lowest BCUT2D eigenvalue weighted by Crippen LogP contribution is -2.26. The lowest BCUT2D eigenvalue weighted by molar-refractivity contribution is 0.414. The molecule has 3 aromatic heterocycles. The number of sulfonamides is 1. The summed E-state index contributed by atoms with van der Waals surface area (Å²) < 4.78 is 40.1. The molecule has 0 saturated heterocycles. The van der Waals surface area contributed by atoms with Crippen LogP contribution in [0.2, 0.25) is 0 Å². The zero-order valence-corrected chi connectivity index (χ0v) is 22.4. The van der Waals surface area contributed by atoms with Gasteiger partial charge in [-0.05, 0) is 48.9 Å². The Morgan fingerprint density at radius 2 is 1.79 bits per heavy atom. The first-order valence-corrected chi connectivity index (χ1v) is 14.2. The van der Waals surface area contributed by atoms with Gasteiger partial charge >= 0.3 is 0 Å². The smallest absolute Gasteiger partial charge is 0.240 e. The zero-order valence-electron chi connectivity index (χ0n) is 20.8. The van der Waals surface area contributed by atoms with E-state index in [4.69, 9.17) is 19.4 Å². The third-order valence-electron chi connectivity index (χ3n) is 5.80. The second kappa shape index (κ2) is 11.2. The highest BCUT2D eigenvalue weighted by Gasteiger charge is 2.19. The first kappa shape index (κ1) is 25.6. The van der Waals surface area contributed by atoms with Crippen LogP contribution in [0.1, 0.15) is 6.42 Å². The molecule has 38 heavy (non-hydrogen) atoms. The summed E-state index contributed by atoms with van der Waals surface area (Å²) in [5.41, 5.74) is 3.29. The quantitative estimate of drug-likeness (QED) is 0.234. The molecule has 0 aliphatic heterocycles. The number of imidazole rings is 1. The van der Waals surface area contributed by atoms with E-state index in [1.165, 1.54) is 19.2 Å². The van der Waals surface area contributed by atoms with Crippen LogP contribution in [0.4, 0.5) is 5.95 Å². The van der Waals surface area contributed by atoms with Gasteiger partial charge < -0.3 is 14.8 Å². The van der Waals surface area contributed by atoms with Crippen LogP contribution in [0.3, 0.4) is 0 Å². The lowest BCUT2D eigenvalue weighted by Gasteiger charge is -2.10. The van der Waals surface area contributed by atoms with Crippen molar-refractivity contribution in [1.29, 1.82) is 0 Å². The van der Waals surface area contributed by atoms with Gasteiger partial charge in [-0.1, -0.05) is 12.1 Å². The number of hydrogen-bond acceptors (Lipinski definition) is 9. The van der Waals surface area contributed by atoms with Crippen LogP contribution in [0.25, 0.3) is 27.6 Å². The van der Waals surface area contributed by atoms with Crippen molar-refractivity contribution in [3.63, 3.8) is 0 Å². The molecule has 0 unspecified atom stereocenters. The second-order valence-electron chi connectivity index (χ2n) is 8.22. The molecule has 0 atom stereocenters. The van der Waals surface area contributed by atoms with Crippen molar-refractivity contribution in [2.24, 2.45) is 0 Å². The molecule has 5 rings (SSSR count). The van der Waals surface area contributed by atoms with Gasteiger partial charge in [-0.25, -0.2) is 28.1 Å². The van der Waals surface area contributed by atoms with E-state index in [1.807, 2.05) is 46.3 Å². The number of rotatable bonds is 11. The second-order valence-corrected chi connectivity index (χ2v) is 10.9. The van der Waals surface area contributed by atoms with Gasteiger partial charge in [-0.2, -0.15) is 0 Å². The maximum absolute atomic E-state index is 12.5. The Morgan fingerprint density at radius 3 is 2.58 bits per heavy atom. The molecule has 0 aliphatic rings. The molecular formula is C26H26N6O4S2.